The first-order valence-corrected chi connectivity index (χ1v) is 9.03. The Balaban J connectivity index is 1.63. The number of halogens is 1. The molecule has 0 aliphatic heterocycles. The summed E-state index contributed by atoms with van der Waals surface area (Å²) in [6.45, 7) is 2.18. The van der Waals surface area contributed by atoms with Gasteiger partial charge in [0.25, 0.3) is 5.91 Å². The SMILES string of the molecule is Cc1csc(=O)n1CCC(=O)OCC(=O)NCCc1ccc(Cl)cc1. The molecule has 0 aliphatic rings. The predicted molar refractivity (Wildman–Crippen MR) is 97.1 cm³/mol. The highest BCUT2D eigenvalue weighted by atomic mass is 35.5. The van der Waals surface area contributed by atoms with E-state index in [2.05, 4.69) is 5.32 Å². The van der Waals surface area contributed by atoms with Crippen molar-refractivity contribution in [2.45, 2.75) is 26.3 Å². The molecule has 1 aromatic carbocycles. The zero-order valence-corrected chi connectivity index (χ0v) is 15.4. The fourth-order valence-electron chi connectivity index (χ4n) is 2.14. The average Bonchev–Trinajstić information content (AvgIpc) is 2.91. The van der Waals surface area contributed by atoms with Gasteiger partial charge in [-0.1, -0.05) is 35.1 Å². The van der Waals surface area contributed by atoms with Crippen LogP contribution in [0.25, 0.3) is 0 Å². The summed E-state index contributed by atoms with van der Waals surface area (Å²) in [5, 5.41) is 5.09. The third kappa shape index (κ3) is 6.36. The summed E-state index contributed by atoms with van der Waals surface area (Å²) in [6.07, 6.45) is 0.715. The molecule has 2 rings (SSSR count). The van der Waals surface area contributed by atoms with Gasteiger partial charge in [-0.05, 0) is 31.0 Å². The Morgan fingerprint density at radius 3 is 2.64 bits per heavy atom. The normalized spacial score (nSPS) is 10.5. The van der Waals surface area contributed by atoms with E-state index in [4.69, 9.17) is 16.3 Å². The maximum Gasteiger partial charge on any atom is 0.308 e. The minimum Gasteiger partial charge on any atom is -0.456 e. The highest BCUT2D eigenvalue weighted by Crippen LogP contribution is 2.09. The van der Waals surface area contributed by atoms with Crippen molar-refractivity contribution < 1.29 is 14.3 Å². The van der Waals surface area contributed by atoms with Gasteiger partial charge in [-0.2, -0.15) is 0 Å². The number of amides is 1. The standard InChI is InChI=1S/C17H19ClN2O4S/c1-12-11-25-17(23)20(12)9-7-16(22)24-10-15(21)19-8-6-13-2-4-14(18)5-3-13/h2-5,11H,6-10H2,1H3,(H,19,21). The molecule has 8 heteroatoms. The number of aryl methyl sites for hydroxylation is 1. The van der Waals surface area contributed by atoms with Gasteiger partial charge >= 0.3 is 10.8 Å². The molecule has 0 atom stereocenters. The lowest BCUT2D eigenvalue weighted by Crippen LogP contribution is -2.30. The van der Waals surface area contributed by atoms with Crippen molar-refractivity contribution in [3.8, 4) is 0 Å². The summed E-state index contributed by atoms with van der Waals surface area (Å²) in [4.78, 5) is 34.8. The van der Waals surface area contributed by atoms with E-state index in [1.807, 2.05) is 12.1 Å². The second-order valence-electron chi connectivity index (χ2n) is 5.43. The van der Waals surface area contributed by atoms with E-state index < -0.39 is 5.97 Å². The maximum atomic E-state index is 11.7. The number of carbonyl (C=O) groups excluding carboxylic acids is 2. The molecule has 0 aliphatic carbocycles. The number of benzene rings is 1. The monoisotopic (exact) mass is 382 g/mol. The second-order valence-corrected chi connectivity index (χ2v) is 6.69. The predicted octanol–water partition coefficient (Wildman–Crippen LogP) is 2.16. The number of aromatic nitrogens is 1. The molecule has 0 fully saturated rings. The van der Waals surface area contributed by atoms with Gasteiger partial charge in [0.1, 0.15) is 0 Å². The van der Waals surface area contributed by atoms with Crippen molar-refractivity contribution in [1.82, 2.24) is 9.88 Å². The van der Waals surface area contributed by atoms with E-state index in [1.165, 1.54) is 4.57 Å². The molecule has 0 saturated carbocycles. The summed E-state index contributed by atoms with van der Waals surface area (Å²) in [5.41, 5.74) is 1.86. The number of nitrogens with one attached hydrogen (secondary N) is 1. The second kappa shape index (κ2) is 9.39. The quantitative estimate of drug-likeness (QED) is 0.710. The first kappa shape index (κ1) is 19.2. The van der Waals surface area contributed by atoms with Crippen molar-refractivity contribution in [2.24, 2.45) is 0 Å². The Kier molecular flexibility index (Phi) is 7.21. The van der Waals surface area contributed by atoms with Gasteiger partial charge < -0.3 is 14.6 Å². The molecule has 1 heterocycles. The van der Waals surface area contributed by atoms with Crippen molar-refractivity contribution in [3.05, 3.63) is 55.6 Å². The lowest BCUT2D eigenvalue weighted by atomic mass is 10.1. The van der Waals surface area contributed by atoms with Crippen molar-refractivity contribution in [1.29, 1.82) is 0 Å². The Bertz CT molecular complexity index is 783. The number of hydrogen-bond donors (Lipinski definition) is 1. The number of ether oxygens (including phenoxy) is 1. The highest BCUT2D eigenvalue weighted by molar-refractivity contribution is 7.07. The van der Waals surface area contributed by atoms with E-state index in [9.17, 15) is 14.4 Å². The number of rotatable bonds is 8. The number of thiazole rings is 1. The molecule has 1 amide bonds. The van der Waals surface area contributed by atoms with Crippen LogP contribution in [0.1, 0.15) is 17.7 Å². The van der Waals surface area contributed by atoms with Crippen LogP contribution in [-0.4, -0.2) is 29.6 Å². The van der Waals surface area contributed by atoms with Crippen LogP contribution in [0.15, 0.2) is 34.4 Å². The Morgan fingerprint density at radius 1 is 1.28 bits per heavy atom. The molecule has 134 valence electrons. The zero-order chi connectivity index (χ0) is 18.2. The van der Waals surface area contributed by atoms with Gasteiger partial charge in [0.05, 0.1) is 6.42 Å². The maximum absolute atomic E-state index is 11.7. The molecular formula is C17H19ClN2O4S. The van der Waals surface area contributed by atoms with Gasteiger partial charge in [-0.15, -0.1) is 0 Å². The number of hydrogen-bond acceptors (Lipinski definition) is 5. The highest BCUT2D eigenvalue weighted by Gasteiger charge is 2.09. The van der Waals surface area contributed by atoms with Crippen molar-refractivity contribution >= 4 is 34.8 Å². The summed E-state index contributed by atoms with van der Waals surface area (Å²) >= 11 is 6.90. The van der Waals surface area contributed by atoms with Crippen LogP contribution in [0.3, 0.4) is 0 Å². The van der Waals surface area contributed by atoms with E-state index in [1.54, 1.807) is 24.4 Å². The molecule has 1 N–H and O–H groups in total. The van der Waals surface area contributed by atoms with E-state index in [0.717, 1.165) is 22.6 Å². The lowest BCUT2D eigenvalue weighted by molar-refractivity contribution is -0.148. The van der Waals surface area contributed by atoms with Gasteiger partial charge in [-0.3, -0.25) is 14.4 Å². The Labute approximate surface area is 154 Å². The smallest absolute Gasteiger partial charge is 0.308 e. The molecule has 0 saturated heterocycles. The minimum atomic E-state index is -0.509. The third-order valence-electron chi connectivity index (χ3n) is 3.53. The molecule has 25 heavy (non-hydrogen) atoms. The van der Waals surface area contributed by atoms with Crippen molar-refractivity contribution in [3.63, 3.8) is 0 Å². The minimum absolute atomic E-state index is 0.0511. The first-order valence-electron chi connectivity index (χ1n) is 7.77. The van der Waals surface area contributed by atoms with E-state index >= 15 is 0 Å². The Morgan fingerprint density at radius 2 is 2.00 bits per heavy atom. The van der Waals surface area contributed by atoms with E-state index in [0.29, 0.717) is 18.0 Å². The lowest BCUT2D eigenvalue weighted by Gasteiger charge is -2.07. The molecule has 2 aromatic rings. The fourth-order valence-corrected chi connectivity index (χ4v) is 3.03. The van der Waals surface area contributed by atoms with Gasteiger partial charge in [0.2, 0.25) is 0 Å². The van der Waals surface area contributed by atoms with Gasteiger partial charge in [-0.25, -0.2) is 0 Å². The topological polar surface area (TPSA) is 77.4 Å². The zero-order valence-electron chi connectivity index (χ0n) is 13.8. The largest absolute Gasteiger partial charge is 0.456 e. The number of carbonyl (C=O) groups is 2. The molecule has 0 bridgehead atoms. The summed E-state index contributed by atoms with van der Waals surface area (Å²) in [7, 11) is 0. The van der Waals surface area contributed by atoms with E-state index in [-0.39, 0.29) is 30.4 Å². The van der Waals surface area contributed by atoms with Gasteiger partial charge in [0, 0.05) is 29.2 Å². The Hall–Kier alpha value is -2.12. The number of esters is 1. The molecule has 6 nitrogen and oxygen atoms in total. The van der Waals surface area contributed by atoms with Crippen LogP contribution in [0.5, 0.6) is 0 Å². The molecule has 0 unspecified atom stereocenters. The van der Waals surface area contributed by atoms with Gasteiger partial charge in [0.15, 0.2) is 6.61 Å². The van der Waals surface area contributed by atoms with Crippen LogP contribution >= 0.6 is 22.9 Å². The van der Waals surface area contributed by atoms with Crippen molar-refractivity contribution in [2.75, 3.05) is 13.2 Å². The van der Waals surface area contributed by atoms with Crippen LogP contribution in [0.2, 0.25) is 5.02 Å². The molecular weight excluding hydrogens is 364 g/mol. The van der Waals surface area contributed by atoms with Crippen LogP contribution in [0, 0.1) is 6.92 Å². The molecule has 0 spiro atoms. The first-order chi connectivity index (χ1) is 12.0. The summed E-state index contributed by atoms with van der Waals surface area (Å²) < 4.78 is 6.43. The fraction of sp³-hybridized carbons (Fsp3) is 0.353. The summed E-state index contributed by atoms with van der Waals surface area (Å²) in [6, 6.07) is 7.37. The average molecular weight is 383 g/mol. The molecule has 0 radical (unpaired) electrons. The third-order valence-corrected chi connectivity index (χ3v) is 4.66. The number of nitrogens with zero attached hydrogens (tertiary/aromatic N) is 1. The summed E-state index contributed by atoms with van der Waals surface area (Å²) in [5.74, 6) is -0.864. The van der Waals surface area contributed by atoms with Crippen LogP contribution in [0.4, 0.5) is 0 Å². The van der Waals surface area contributed by atoms with Crippen LogP contribution in [-0.2, 0) is 27.3 Å². The van der Waals surface area contributed by atoms with Crippen LogP contribution < -0.4 is 10.2 Å². The molecule has 1 aromatic heterocycles.